The average molecular weight is 304 g/mol. The van der Waals surface area contributed by atoms with Crippen LogP contribution in [0, 0.1) is 0 Å². The predicted molar refractivity (Wildman–Crippen MR) is 72.2 cm³/mol. The molecule has 2 aliphatic heterocycles. The van der Waals surface area contributed by atoms with Gasteiger partial charge in [0.25, 0.3) is 0 Å². The van der Waals surface area contributed by atoms with Gasteiger partial charge in [-0.3, -0.25) is 0 Å². The second-order valence-electron chi connectivity index (χ2n) is 5.71. The van der Waals surface area contributed by atoms with Crippen LogP contribution in [0.2, 0.25) is 0 Å². The van der Waals surface area contributed by atoms with Crippen molar-refractivity contribution in [2.45, 2.75) is 44.2 Å². The first-order valence-electron chi connectivity index (χ1n) is 6.76. The van der Waals surface area contributed by atoms with E-state index in [0.29, 0.717) is 32.2 Å². The number of carbonyl (C=O) groups is 2. The van der Waals surface area contributed by atoms with Crippen LogP contribution in [-0.4, -0.2) is 60.1 Å². The van der Waals surface area contributed by atoms with Crippen molar-refractivity contribution in [3.8, 4) is 0 Å². The Morgan fingerprint density at radius 1 is 1.30 bits per heavy atom. The van der Waals surface area contributed by atoms with Crippen molar-refractivity contribution in [3.05, 3.63) is 0 Å². The minimum Gasteiger partial charge on any atom is -0.480 e. The largest absolute Gasteiger partial charge is 0.480 e. The smallest absolute Gasteiger partial charge is 0.329 e. The number of amides is 2. The second kappa shape index (κ2) is 5.23. The normalized spacial score (nSPS) is 30.1. The number of urea groups is 1. The van der Waals surface area contributed by atoms with Crippen molar-refractivity contribution in [1.82, 2.24) is 10.2 Å². The highest BCUT2D eigenvalue weighted by atomic mass is 32.2. The molecule has 0 aliphatic carbocycles. The molecule has 2 saturated heterocycles. The Morgan fingerprint density at radius 3 is 2.45 bits per heavy atom. The maximum atomic E-state index is 12.2. The molecule has 0 spiro atoms. The fourth-order valence-electron chi connectivity index (χ4n) is 2.80. The van der Waals surface area contributed by atoms with Crippen molar-refractivity contribution in [2.75, 3.05) is 18.1 Å². The van der Waals surface area contributed by atoms with Crippen LogP contribution in [-0.2, 0) is 14.6 Å². The summed E-state index contributed by atoms with van der Waals surface area (Å²) in [4.78, 5) is 24.9. The van der Waals surface area contributed by atoms with Crippen molar-refractivity contribution >= 4 is 21.8 Å². The monoisotopic (exact) mass is 304 g/mol. The summed E-state index contributed by atoms with van der Waals surface area (Å²) in [6.45, 7) is 1.97. The van der Waals surface area contributed by atoms with Crippen LogP contribution in [0.4, 0.5) is 4.79 Å². The summed E-state index contributed by atoms with van der Waals surface area (Å²) in [5.41, 5.74) is -1.16. The van der Waals surface area contributed by atoms with E-state index in [2.05, 4.69) is 5.32 Å². The van der Waals surface area contributed by atoms with E-state index in [0.717, 1.165) is 0 Å². The first kappa shape index (κ1) is 15.1. The molecule has 1 atom stereocenters. The summed E-state index contributed by atoms with van der Waals surface area (Å²) in [5, 5.41) is 12.0. The van der Waals surface area contributed by atoms with Gasteiger partial charge in [0.15, 0.2) is 0 Å². The van der Waals surface area contributed by atoms with Crippen molar-refractivity contribution in [1.29, 1.82) is 0 Å². The number of carbonyl (C=O) groups excluding carboxylic acids is 1. The van der Waals surface area contributed by atoms with E-state index < -0.39 is 27.4 Å². The van der Waals surface area contributed by atoms with E-state index >= 15 is 0 Å². The molecule has 0 radical (unpaired) electrons. The number of nitrogens with zero attached hydrogens (tertiary/aromatic N) is 1. The van der Waals surface area contributed by atoms with E-state index in [-0.39, 0.29) is 17.5 Å². The fraction of sp³-hybridized carbons (Fsp3) is 0.833. The lowest BCUT2D eigenvalue weighted by atomic mass is 10.00. The van der Waals surface area contributed by atoms with Crippen LogP contribution in [0.1, 0.15) is 32.6 Å². The fourth-order valence-corrected chi connectivity index (χ4v) is 4.29. The Morgan fingerprint density at radius 2 is 1.90 bits per heavy atom. The zero-order chi connectivity index (χ0) is 15.0. The van der Waals surface area contributed by atoms with Crippen molar-refractivity contribution < 1.29 is 23.1 Å². The van der Waals surface area contributed by atoms with Gasteiger partial charge in [0, 0.05) is 12.6 Å². The summed E-state index contributed by atoms with van der Waals surface area (Å²) in [7, 11) is -2.97. The third-order valence-electron chi connectivity index (χ3n) is 4.23. The highest BCUT2D eigenvalue weighted by Gasteiger charge is 2.46. The highest BCUT2D eigenvalue weighted by molar-refractivity contribution is 7.91. The zero-order valence-electron chi connectivity index (χ0n) is 11.5. The van der Waals surface area contributed by atoms with E-state index in [1.165, 1.54) is 4.90 Å². The van der Waals surface area contributed by atoms with Crippen LogP contribution >= 0.6 is 0 Å². The molecule has 0 saturated carbocycles. The lowest BCUT2D eigenvalue weighted by Gasteiger charge is -2.33. The summed E-state index contributed by atoms with van der Waals surface area (Å²) in [6, 6.07) is -0.596. The van der Waals surface area contributed by atoms with Crippen LogP contribution in [0.15, 0.2) is 0 Å². The predicted octanol–water partition coefficient (Wildman–Crippen LogP) is 0.212. The van der Waals surface area contributed by atoms with Gasteiger partial charge in [-0.05, 0) is 32.6 Å². The number of aliphatic carboxylic acids is 1. The number of carboxylic acid groups (broad SMARTS) is 1. The third-order valence-corrected chi connectivity index (χ3v) is 5.94. The maximum Gasteiger partial charge on any atom is 0.329 e. The molecule has 2 aliphatic rings. The number of sulfone groups is 1. The Labute approximate surface area is 118 Å². The summed E-state index contributed by atoms with van der Waals surface area (Å²) in [5.74, 6) is -0.848. The van der Waals surface area contributed by atoms with E-state index in [9.17, 15) is 23.1 Å². The topological polar surface area (TPSA) is 104 Å². The Bertz CT molecular complexity index is 504. The molecule has 2 N–H and O–H groups in total. The van der Waals surface area contributed by atoms with Crippen LogP contribution in [0.3, 0.4) is 0 Å². The molecule has 2 heterocycles. The van der Waals surface area contributed by atoms with Gasteiger partial charge in [-0.25, -0.2) is 18.0 Å². The molecular weight excluding hydrogens is 284 g/mol. The molecule has 20 heavy (non-hydrogen) atoms. The Kier molecular flexibility index (Phi) is 3.95. The summed E-state index contributed by atoms with van der Waals surface area (Å²) in [6.07, 6.45) is 1.89. The first-order chi connectivity index (χ1) is 9.24. The van der Waals surface area contributed by atoms with Gasteiger partial charge in [-0.15, -0.1) is 0 Å². The molecule has 2 rings (SSSR count). The molecule has 8 heteroatoms. The van der Waals surface area contributed by atoms with E-state index in [4.69, 9.17) is 0 Å². The maximum absolute atomic E-state index is 12.2. The first-order valence-corrected chi connectivity index (χ1v) is 8.59. The SMILES string of the molecule is CC1(C(=O)O)CCCN1C(=O)NC1CCS(=O)(=O)CC1. The standard InChI is InChI=1S/C12H20N2O5S/c1-12(10(15)16)5-2-6-14(12)11(17)13-9-3-7-20(18,19)8-4-9/h9H,2-8H2,1H3,(H,13,17)(H,15,16). The van der Waals surface area contributed by atoms with Crippen LogP contribution in [0.5, 0.6) is 0 Å². The molecule has 1 unspecified atom stereocenters. The lowest BCUT2D eigenvalue weighted by molar-refractivity contribution is -0.147. The van der Waals surface area contributed by atoms with Gasteiger partial charge in [-0.2, -0.15) is 0 Å². The number of nitrogens with one attached hydrogen (secondary N) is 1. The number of carboxylic acids is 1. The third kappa shape index (κ3) is 2.89. The summed E-state index contributed by atoms with van der Waals surface area (Å²) >= 11 is 0. The van der Waals surface area contributed by atoms with Gasteiger partial charge in [-0.1, -0.05) is 0 Å². The zero-order valence-corrected chi connectivity index (χ0v) is 12.3. The molecule has 0 aromatic carbocycles. The lowest BCUT2D eigenvalue weighted by Crippen LogP contribution is -2.56. The summed E-state index contributed by atoms with van der Waals surface area (Å²) < 4.78 is 22.7. The van der Waals surface area contributed by atoms with Gasteiger partial charge < -0.3 is 15.3 Å². The molecule has 0 aromatic rings. The minimum absolute atomic E-state index is 0.0775. The molecule has 0 bridgehead atoms. The number of hydrogen-bond acceptors (Lipinski definition) is 4. The van der Waals surface area contributed by atoms with Gasteiger partial charge in [0.05, 0.1) is 11.5 Å². The molecule has 2 amide bonds. The number of likely N-dealkylation sites (tertiary alicyclic amines) is 1. The molecule has 0 aromatic heterocycles. The van der Waals surface area contributed by atoms with E-state index in [1.54, 1.807) is 6.92 Å². The number of hydrogen-bond donors (Lipinski definition) is 2. The van der Waals surface area contributed by atoms with Crippen molar-refractivity contribution in [2.24, 2.45) is 0 Å². The molecule has 114 valence electrons. The van der Waals surface area contributed by atoms with Gasteiger partial charge in [0.2, 0.25) is 0 Å². The van der Waals surface area contributed by atoms with E-state index in [1.807, 2.05) is 0 Å². The molecule has 2 fully saturated rings. The highest BCUT2D eigenvalue weighted by Crippen LogP contribution is 2.29. The molecular formula is C12H20N2O5S. The number of rotatable bonds is 2. The van der Waals surface area contributed by atoms with Crippen LogP contribution in [0.25, 0.3) is 0 Å². The minimum atomic E-state index is -2.97. The van der Waals surface area contributed by atoms with Gasteiger partial charge >= 0.3 is 12.0 Å². The second-order valence-corrected chi connectivity index (χ2v) is 8.01. The quantitative estimate of drug-likeness (QED) is 0.759. The van der Waals surface area contributed by atoms with Gasteiger partial charge in [0.1, 0.15) is 15.4 Å². The Balaban J connectivity index is 1.97. The molecule has 7 nitrogen and oxygen atoms in total. The van der Waals surface area contributed by atoms with Crippen LogP contribution < -0.4 is 5.32 Å². The Hall–Kier alpha value is -1.31. The van der Waals surface area contributed by atoms with Crippen molar-refractivity contribution in [3.63, 3.8) is 0 Å². The average Bonchev–Trinajstić information content (AvgIpc) is 2.75.